The number of methoxy groups -OCH3 is 1. The molecule has 2 rings (SSSR count). The third-order valence-corrected chi connectivity index (χ3v) is 3.71. The van der Waals surface area contributed by atoms with Crippen LogP contribution < -0.4 is 15.8 Å². The molecule has 120 valence electrons. The number of ether oxygens (including phenoxy) is 1. The van der Waals surface area contributed by atoms with Crippen LogP contribution in [0.25, 0.3) is 0 Å². The number of carbonyl (C=O) groups is 2. The Kier molecular flexibility index (Phi) is 5.35. The second-order valence-electron chi connectivity index (χ2n) is 5.36. The lowest BCUT2D eigenvalue weighted by molar-refractivity contribution is -0.125. The smallest absolute Gasteiger partial charge is 0.234 e. The number of aliphatic hydroxyl groups is 1. The molecule has 1 heterocycles. The first kappa shape index (κ1) is 16.3. The van der Waals surface area contributed by atoms with E-state index in [1.54, 1.807) is 12.0 Å². The van der Waals surface area contributed by atoms with Crippen LogP contribution in [0.15, 0.2) is 24.3 Å². The van der Waals surface area contributed by atoms with Crippen LogP contribution in [0.1, 0.15) is 12.0 Å². The number of aliphatic hydroxyl groups excluding tert-OH is 1. The number of β-amino-alcohol motifs (C(OH)–C–C–N with tert-alkyl or cyclic N) is 1. The van der Waals surface area contributed by atoms with Crippen molar-refractivity contribution in [2.24, 2.45) is 5.73 Å². The van der Waals surface area contributed by atoms with Gasteiger partial charge >= 0.3 is 0 Å². The summed E-state index contributed by atoms with van der Waals surface area (Å²) in [6.45, 7) is 0.713. The summed E-state index contributed by atoms with van der Waals surface area (Å²) in [5.74, 6) is 0.0288. The third-order valence-electron chi connectivity index (χ3n) is 3.71. The van der Waals surface area contributed by atoms with Gasteiger partial charge in [0.05, 0.1) is 25.8 Å². The van der Waals surface area contributed by atoms with E-state index in [0.29, 0.717) is 6.54 Å². The Balaban J connectivity index is 1.83. The summed E-state index contributed by atoms with van der Waals surface area (Å²) in [5, 5.41) is 12.4. The van der Waals surface area contributed by atoms with Crippen molar-refractivity contribution in [1.29, 1.82) is 0 Å². The molecule has 2 atom stereocenters. The fourth-order valence-corrected chi connectivity index (χ4v) is 2.53. The standard InChI is InChI=1S/C15H21N3O4/c1-22-12-4-2-10(3-5-12)7-17-14(20)9-18-8-11(19)6-13(18)15(16)21/h2-5,11,13,19H,6-9H2,1H3,(H2,16,21)(H,17,20). The highest BCUT2D eigenvalue weighted by molar-refractivity contribution is 5.82. The average Bonchev–Trinajstić information content (AvgIpc) is 2.86. The normalized spacial score (nSPS) is 21.5. The molecule has 0 saturated carbocycles. The zero-order chi connectivity index (χ0) is 16.1. The molecule has 1 aromatic carbocycles. The predicted octanol–water partition coefficient (Wildman–Crippen LogP) is -0.768. The summed E-state index contributed by atoms with van der Waals surface area (Å²) in [6, 6.07) is 6.79. The molecule has 0 aromatic heterocycles. The van der Waals surface area contributed by atoms with Crippen LogP contribution >= 0.6 is 0 Å². The molecule has 1 aromatic rings. The minimum atomic E-state index is -0.619. The molecule has 2 amide bonds. The molecule has 1 fully saturated rings. The zero-order valence-corrected chi connectivity index (χ0v) is 12.5. The van der Waals surface area contributed by atoms with Gasteiger partial charge in [-0.3, -0.25) is 14.5 Å². The second kappa shape index (κ2) is 7.24. The number of benzene rings is 1. The highest BCUT2D eigenvalue weighted by Gasteiger charge is 2.35. The van der Waals surface area contributed by atoms with E-state index in [-0.39, 0.29) is 25.4 Å². The molecular formula is C15H21N3O4. The van der Waals surface area contributed by atoms with Gasteiger partial charge in [-0.15, -0.1) is 0 Å². The number of hydrogen-bond acceptors (Lipinski definition) is 5. The van der Waals surface area contributed by atoms with Crippen molar-refractivity contribution >= 4 is 11.8 Å². The Hall–Kier alpha value is -2.12. The number of amides is 2. The maximum absolute atomic E-state index is 12.0. The molecule has 7 heteroatoms. The first-order chi connectivity index (χ1) is 10.5. The maximum Gasteiger partial charge on any atom is 0.234 e. The molecule has 0 bridgehead atoms. The zero-order valence-electron chi connectivity index (χ0n) is 12.5. The van der Waals surface area contributed by atoms with Crippen LogP contribution in [-0.2, 0) is 16.1 Å². The quantitative estimate of drug-likeness (QED) is 0.640. The number of carbonyl (C=O) groups excluding carboxylic acids is 2. The molecule has 0 spiro atoms. The second-order valence-corrected chi connectivity index (χ2v) is 5.36. The van der Waals surface area contributed by atoms with Crippen molar-refractivity contribution in [2.75, 3.05) is 20.2 Å². The van der Waals surface area contributed by atoms with E-state index in [1.807, 2.05) is 24.3 Å². The molecule has 1 saturated heterocycles. The molecule has 22 heavy (non-hydrogen) atoms. The van der Waals surface area contributed by atoms with Gasteiger partial charge in [-0.1, -0.05) is 12.1 Å². The fourth-order valence-electron chi connectivity index (χ4n) is 2.53. The number of hydrogen-bond donors (Lipinski definition) is 3. The van der Waals surface area contributed by atoms with Crippen molar-refractivity contribution in [1.82, 2.24) is 10.2 Å². The minimum Gasteiger partial charge on any atom is -0.497 e. The van der Waals surface area contributed by atoms with Crippen LogP contribution in [0.5, 0.6) is 5.75 Å². The highest BCUT2D eigenvalue weighted by Crippen LogP contribution is 2.17. The number of likely N-dealkylation sites (tertiary alicyclic amines) is 1. The summed E-state index contributed by atoms with van der Waals surface area (Å²) in [6.07, 6.45) is -0.340. The molecule has 0 radical (unpaired) electrons. The van der Waals surface area contributed by atoms with Gasteiger partial charge in [0.25, 0.3) is 0 Å². The topological polar surface area (TPSA) is 105 Å². The van der Waals surface area contributed by atoms with E-state index >= 15 is 0 Å². The maximum atomic E-state index is 12.0. The highest BCUT2D eigenvalue weighted by atomic mass is 16.5. The van der Waals surface area contributed by atoms with Gasteiger partial charge in [0.1, 0.15) is 5.75 Å². The van der Waals surface area contributed by atoms with Crippen LogP contribution in [0.2, 0.25) is 0 Å². The molecule has 4 N–H and O–H groups in total. The number of primary amides is 1. The molecule has 7 nitrogen and oxygen atoms in total. The summed E-state index contributed by atoms with van der Waals surface area (Å²) < 4.78 is 5.07. The Morgan fingerprint density at radius 1 is 1.41 bits per heavy atom. The molecule has 1 aliphatic rings. The summed E-state index contributed by atoms with van der Waals surface area (Å²) in [4.78, 5) is 24.9. The summed E-state index contributed by atoms with van der Waals surface area (Å²) >= 11 is 0. The number of nitrogens with one attached hydrogen (secondary N) is 1. The van der Waals surface area contributed by atoms with Gasteiger partial charge in [0.15, 0.2) is 0 Å². The summed E-state index contributed by atoms with van der Waals surface area (Å²) in [5.41, 5.74) is 6.23. The molecule has 0 aliphatic carbocycles. The van der Waals surface area contributed by atoms with Gasteiger partial charge in [-0.25, -0.2) is 0 Å². The largest absolute Gasteiger partial charge is 0.497 e. The van der Waals surface area contributed by atoms with Gasteiger partial charge in [0, 0.05) is 13.1 Å². The lowest BCUT2D eigenvalue weighted by atomic mass is 10.2. The third kappa shape index (κ3) is 4.19. The monoisotopic (exact) mass is 307 g/mol. The Bertz CT molecular complexity index is 532. The van der Waals surface area contributed by atoms with Crippen LogP contribution in [0.4, 0.5) is 0 Å². The van der Waals surface area contributed by atoms with Gasteiger partial charge in [0.2, 0.25) is 11.8 Å². The SMILES string of the molecule is COc1ccc(CNC(=O)CN2CC(O)CC2C(N)=O)cc1. The van der Waals surface area contributed by atoms with Crippen LogP contribution in [0, 0.1) is 0 Å². The van der Waals surface area contributed by atoms with E-state index in [9.17, 15) is 14.7 Å². The van der Waals surface area contributed by atoms with Gasteiger partial charge in [-0.2, -0.15) is 0 Å². The predicted molar refractivity (Wildman–Crippen MR) is 80.0 cm³/mol. The molecule has 2 unspecified atom stereocenters. The Morgan fingerprint density at radius 3 is 2.68 bits per heavy atom. The van der Waals surface area contributed by atoms with Crippen molar-refractivity contribution < 1.29 is 19.4 Å². The van der Waals surface area contributed by atoms with Gasteiger partial charge in [-0.05, 0) is 24.1 Å². The number of nitrogens with zero attached hydrogens (tertiary/aromatic N) is 1. The van der Waals surface area contributed by atoms with Gasteiger partial charge < -0.3 is 20.9 Å². The Labute approximate surface area is 129 Å². The van der Waals surface area contributed by atoms with E-state index in [0.717, 1.165) is 11.3 Å². The van der Waals surface area contributed by atoms with E-state index in [4.69, 9.17) is 10.5 Å². The van der Waals surface area contributed by atoms with E-state index < -0.39 is 18.1 Å². The first-order valence-electron chi connectivity index (χ1n) is 7.10. The number of nitrogens with two attached hydrogens (primary N) is 1. The van der Waals surface area contributed by atoms with E-state index in [1.165, 1.54) is 0 Å². The van der Waals surface area contributed by atoms with E-state index in [2.05, 4.69) is 5.32 Å². The number of rotatable bonds is 6. The van der Waals surface area contributed by atoms with Crippen molar-refractivity contribution in [2.45, 2.75) is 25.1 Å². The summed E-state index contributed by atoms with van der Waals surface area (Å²) in [7, 11) is 1.59. The lowest BCUT2D eigenvalue weighted by Gasteiger charge is -2.20. The molecule has 1 aliphatic heterocycles. The Morgan fingerprint density at radius 2 is 2.09 bits per heavy atom. The lowest BCUT2D eigenvalue weighted by Crippen LogP contribution is -2.45. The average molecular weight is 307 g/mol. The van der Waals surface area contributed by atoms with Crippen molar-refractivity contribution in [3.8, 4) is 5.75 Å². The fraction of sp³-hybridized carbons (Fsp3) is 0.467. The molecular weight excluding hydrogens is 286 g/mol. The first-order valence-corrected chi connectivity index (χ1v) is 7.10. The van der Waals surface area contributed by atoms with Crippen LogP contribution in [0.3, 0.4) is 0 Å². The van der Waals surface area contributed by atoms with Crippen LogP contribution in [-0.4, -0.2) is 54.2 Å². The van der Waals surface area contributed by atoms with Crippen molar-refractivity contribution in [3.05, 3.63) is 29.8 Å². The van der Waals surface area contributed by atoms with Crippen molar-refractivity contribution in [3.63, 3.8) is 0 Å². The minimum absolute atomic E-state index is 0.0425.